The Labute approximate surface area is 115 Å². The molecule has 2 aromatic rings. The van der Waals surface area contributed by atoms with Crippen LogP contribution in [0.15, 0.2) is 30.3 Å². The van der Waals surface area contributed by atoms with E-state index < -0.39 is 0 Å². The van der Waals surface area contributed by atoms with E-state index in [2.05, 4.69) is 61.7 Å². The first-order valence-corrected chi connectivity index (χ1v) is 6.72. The molecule has 3 nitrogen and oxygen atoms in total. The number of nitrogens with zero attached hydrogens (tertiary/aromatic N) is 2. The van der Waals surface area contributed by atoms with Crippen molar-refractivity contribution in [1.29, 1.82) is 0 Å². The van der Waals surface area contributed by atoms with E-state index >= 15 is 0 Å². The van der Waals surface area contributed by atoms with Gasteiger partial charge in [-0.05, 0) is 45.2 Å². The van der Waals surface area contributed by atoms with E-state index in [9.17, 15) is 0 Å². The molecule has 1 heterocycles. The summed E-state index contributed by atoms with van der Waals surface area (Å²) >= 11 is 0. The molecule has 0 amide bonds. The lowest BCUT2D eigenvalue weighted by molar-refractivity contribution is 0.513. The van der Waals surface area contributed by atoms with Gasteiger partial charge in [0, 0.05) is 11.2 Å². The molecule has 2 rings (SSSR count). The van der Waals surface area contributed by atoms with Crippen LogP contribution in [0.1, 0.15) is 36.4 Å². The zero-order chi connectivity index (χ0) is 14.0. The first-order chi connectivity index (χ1) is 8.87. The number of hydrogen-bond donors (Lipinski definition) is 1. The summed E-state index contributed by atoms with van der Waals surface area (Å²) in [7, 11) is 0. The molecular weight excluding hydrogens is 234 g/mol. The van der Waals surface area contributed by atoms with Crippen LogP contribution in [0.2, 0.25) is 0 Å². The zero-order valence-corrected chi connectivity index (χ0v) is 12.3. The highest BCUT2D eigenvalue weighted by Gasteiger charge is 2.19. The van der Waals surface area contributed by atoms with E-state index in [0.29, 0.717) is 0 Å². The van der Waals surface area contributed by atoms with Crippen molar-refractivity contribution >= 4 is 0 Å². The van der Waals surface area contributed by atoms with Gasteiger partial charge in [-0.1, -0.05) is 30.3 Å². The number of rotatable bonds is 4. The molecule has 0 saturated heterocycles. The van der Waals surface area contributed by atoms with Gasteiger partial charge < -0.3 is 5.73 Å². The number of benzene rings is 1. The van der Waals surface area contributed by atoms with Gasteiger partial charge in [0.15, 0.2) is 0 Å². The Morgan fingerprint density at radius 3 is 2.37 bits per heavy atom. The van der Waals surface area contributed by atoms with Crippen LogP contribution in [0.4, 0.5) is 0 Å². The van der Waals surface area contributed by atoms with E-state index in [1.165, 1.54) is 16.8 Å². The van der Waals surface area contributed by atoms with Gasteiger partial charge >= 0.3 is 0 Å². The summed E-state index contributed by atoms with van der Waals surface area (Å²) in [6.07, 6.45) is 0.861. The highest BCUT2D eigenvalue weighted by atomic mass is 15.3. The van der Waals surface area contributed by atoms with Gasteiger partial charge in [0.05, 0.1) is 12.2 Å². The smallest absolute Gasteiger partial charge is 0.0662 e. The van der Waals surface area contributed by atoms with Crippen molar-refractivity contribution in [3.63, 3.8) is 0 Å². The molecule has 102 valence electrons. The zero-order valence-electron chi connectivity index (χ0n) is 12.3. The molecule has 0 aliphatic heterocycles. The van der Waals surface area contributed by atoms with Gasteiger partial charge in [-0.25, -0.2) is 0 Å². The SMILES string of the molecule is Cc1nn(Cc2ccccc2)c(C)c1CC(C)(C)N. The highest BCUT2D eigenvalue weighted by molar-refractivity contribution is 5.27. The van der Waals surface area contributed by atoms with Crippen LogP contribution in [0, 0.1) is 13.8 Å². The second kappa shape index (κ2) is 5.17. The molecule has 0 aliphatic rings. The van der Waals surface area contributed by atoms with Crippen LogP contribution in [0.3, 0.4) is 0 Å². The number of aromatic nitrogens is 2. The van der Waals surface area contributed by atoms with Crippen LogP contribution in [0.25, 0.3) is 0 Å². The van der Waals surface area contributed by atoms with Crippen molar-refractivity contribution in [1.82, 2.24) is 9.78 Å². The molecule has 1 aromatic carbocycles. The van der Waals surface area contributed by atoms with Gasteiger partial charge in [0.1, 0.15) is 0 Å². The Bertz CT molecular complexity index is 547. The van der Waals surface area contributed by atoms with Crippen LogP contribution < -0.4 is 5.73 Å². The molecule has 0 unspecified atom stereocenters. The maximum atomic E-state index is 6.13. The molecule has 0 radical (unpaired) electrons. The van der Waals surface area contributed by atoms with Crippen LogP contribution in [-0.2, 0) is 13.0 Å². The van der Waals surface area contributed by atoms with E-state index in [-0.39, 0.29) is 5.54 Å². The summed E-state index contributed by atoms with van der Waals surface area (Å²) in [5.74, 6) is 0. The molecule has 0 atom stereocenters. The summed E-state index contributed by atoms with van der Waals surface area (Å²) in [6.45, 7) is 9.12. The minimum atomic E-state index is -0.198. The quantitative estimate of drug-likeness (QED) is 0.915. The third-order valence-corrected chi connectivity index (χ3v) is 3.34. The van der Waals surface area contributed by atoms with E-state index in [1.807, 2.05) is 6.07 Å². The molecule has 0 saturated carbocycles. The number of hydrogen-bond acceptors (Lipinski definition) is 2. The summed E-state index contributed by atoms with van der Waals surface area (Å²) in [5, 5.41) is 4.65. The van der Waals surface area contributed by atoms with Gasteiger partial charge in [-0.3, -0.25) is 4.68 Å². The predicted octanol–water partition coefficient (Wildman–Crippen LogP) is 2.83. The lowest BCUT2D eigenvalue weighted by atomic mass is 9.95. The average Bonchev–Trinajstić information content (AvgIpc) is 2.57. The van der Waals surface area contributed by atoms with Crippen LogP contribution in [-0.4, -0.2) is 15.3 Å². The van der Waals surface area contributed by atoms with E-state index in [4.69, 9.17) is 5.73 Å². The Hall–Kier alpha value is -1.61. The Morgan fingerprint density at radius 1 is 1.16 bits per heavy atom. The molecule has 19 heavy (non-hydrogen) atoms. The molecule has 0 spiro atoms. The van der Waals surface area contributed by atoms with Gasteiger partial charge in [0.25, 0.3) is 0 Å². The van der Waals surface area contributed by atoms with Crippen molar-refractivity contribution in [3.05, 3.63) is 52.8 Å². The summed E-state index contributed by atoms with van der Waals surface area (Å²) in [6, 6.07) is 10.4. The Balaban J connectivity index is 2.26. The highest BCUT2D eigenvalue weighted by Crippen LogP contribution is 2.19. The fourth-order valence-electron chi connectivity index (χ4n) is 2.36. The van der Waals surface area contributed by atoms with Crippen molar-refractivity contribution in [2.75, 3.05) is 0 Å². The topological polar surface area (TPSA) is 43.8 Å². The Morgan fingerprint density at radius 2 is 1.79 bits per heavy atom. The molecule has 1 aromatic heterocycles. The fraction of sp³-hybridized carbons (Fsp3) is 0.438. The predicted molar refractivity (Wildman–Crippen MR) is 79.2 cm³/mol. The average molecular weight is 257 g/mol. The van der Waals surface area contributed by atoms with Crippen molar-refractivity contribution in [2.45, 2.75) is 46.2 Å². The largest absolute Gasteiger partial charge is 0.325 e. The maximum absolute atomic E-state index is 6.13. The second-order valence-corrected chi connectivity index (χ2v) is 5.96. The van der Waals surface area contributed by atoms with Crippen molar-refractivity contribution < 1.29 is 0 Å². The lowest BCUT2D eigenvalue weighted by Gasteiger charge is -2.18. The van der Waals surface area contributed by atoms with Crippen molar-refractivity contribution in [2.24, 2.45) is 5.73 Å². The van der Waals surface area contributed by atoms with Gasteiger partial charge in [0.2, 0.25) is 0 Å². The minimum absolute atomic E-state index is 0.198. The maximum Gasteiger partial charge on any atom is 0.0662 e. The van der Waals surface area contributed by atoms with E-state index in [1.54, 1.807) is 0 Å². The lowest BCUT2D eigenvalue weighted by Crippen LogP contribution is -2.34. The summed E-state index contributed by atoms with van der Waals surface area (Å²) < 4.78 is 2.08. The first kappa shape index (κ1) is 13.8. The molecule has 3 heteroatoms. The Kier molecular flexibility index (Phi) is 3.76. The molecule has 0 bridgehead atoms. The van der Waals surface area contributed by atoms with E-state index in [0.717, 1.165) is 18.7 Å². The molecule has 0 fully saturated rings. The fourth-order valence-corrected chi connectivity index (χ4v) is 2.36. The third-order valence-electron chi connectivity index (χ3n) is 3.34. The normalized spacial score (nSPS) is 11.8. The number of aryl methyl sites for hydroxylation is 1. The van der Waals surface area contributed by atoms with Crippen LogP contribution in [0.5, 0.6) is 0 Å². The molecule has 2 N–H and O–H groups in total. The van der Waals surface area contributed by atoms with Crippen molar-refractivity contribution in [3.8, 4) is 0 Å². The minimum Gasteiger partial charge on any atom is -0.325 e. The van der Waals surface area contributed by atoms with Gasteiger partial charge in [-0.2, -0.15) is 5.10 Å². The standard InChI is InChI=1S/C16H23N3/c1-12-15(10-16(3,4)17)13(2)19(18-12)11-14-8-6-5-7-9-14/h5-9H,10-11,17H2,1-4H3. The monoisotopic (exact) mass is 257 g/mol. The van der Waals surface area contributed by atoms with Crippen LogP contribution >= 0.6 is 0 Å². The first-order valence-electron chi connectivity index (χ1n) is 6.72. The summed E-state index contributed by atoms with van der Waals surface area (Å²) in [5.41, 5.74) is 10.8. The molecular formula is C16H23N3. The third kappa shape index (κ3) is 3.44. The number of nitrogens with two attached hydrogens (primary N) is 1. The van der Waals surface area contributed by atoms with Gasteiger partial charge in [-0.15, -0.1) is 0 Å². The second-order valence-electron chi connectivity index (χ2n) is 5.96. The molecule has 0 aliphatic carbocycles. The summed E-state index contributed by atoms with van der Waals surface area (Å²) in [4.78, 5) is 0.